The summed E-state index contributed by atoms with van der Waals surface area (Å²) >= 11 is 0. The summed E-state index contributed by atoms with van der Waals surface area (Å²) in [5, 5.41) is 12.2. The molecular formula is C22H16O5. The second-order valence-corrected chi connectivity index (χ2v) is 6.21. The number of ether oxygens (including phenoxy) is 2. The van der Waals surface area contributed by atoms with Gasteiger partial charge in [-0.25, -0.2) is 0 Å². The van der Waals surface area contributed by atoms with Crippen LogP contribution in [0.1, 0.15) is 21.5 Å². The van der Waals surface area contributed by atoms with Crippen LogP contribution in [0.5, 0.6) is 17.2 Å². The van der Waals surface area contributed by atoms with Crippen LogP contribution in [0.4, 0.5) is 0 Å². The Hall–Kier alpha value is -3.60. The van der Waals surface area contributed by atoms with Gasteiger partial charge in [0.1, 0.15) is 17.2 Å². The Bertz CT molecular complexity index is 1140. The van der Waals surface area contributed by atoms with Gasteiger partial charge in [0.25, 0.3) is 0 Å². The zero-order valence-corrected chi connectivity index (χ0v) is 14.8. The van der Waals surface area contributed by atoms with Crippen LogP contribution in [0, 0.1) is 0 Å². The number of carbonyl (C=O) groups is 2. The molecule has 0 radical (unpaired) electrons. The minimum atomic E-state index is -0.629. The van der Waals surface area contributed by atoms with Gasteiger partial charge in [-0.1, -0.05) is 6.07 Å². The van der Waals surface area contributed by atoms with E-state index in [9.17, 15) is 14.7 Å². The molecule has 0 heterocycles. The smallest absolute Gasteiger partial charge is 0.233 e. The summed E-state index contributed by atoms with van der Waals surface area (Å²) in [6.07, 6.45) is 1.29. The van der Waals surface area contributed by atoms with Crippen molar-refractivity contribution in [1.29, 1.82) is 0 Å². The molecule has 0 aliphatic heterocycles. The number of phenols is 1. The fourth-order valence-corrected chi connectivity index (χ4v) is 3.39. The fraction of sp³-hybridized carbons (Fsp3) is 0.0909. The number of phenolic OH excluding ortho intramolecular Hbond substituents is 1. The maximum absolute atomic E-state index is 12.4. The maximum Gasteiger partial charge on any atom is 0.233 e. The van der Waals surface area contributed by atoms with Crippen LogP contribution in [0.25, 0.3) is 16.3 Å². The van der Waals surface area contributed by atoms with Crippen molar-refractivity contribution in [3.05, 3.63) is 71.3 Å². The van der Waals surface area contributed by atoms with Crippen molar-refractivity contribution in [2.75, 3.05) is 14.2 Å². The molecule has 0 saturated heterocycles. The molecule has 0 amide bonds. The van der Waals surface area contributed by atoms with Crippen molar-refractivity contribution >= 4 is 27.9 Å². The third-order valence-electron chi connectivity index (χ3n) is 4.74. The summed E-state index contributed by atoms with van der Waals surface area (Å²) in [5.74, 6) is -0.0104. The average Bonchev–Trinajstić information content (AvgIpc) is 2.70. The molecule has 0 spiro atoms. The monoisotopic (exact) mass is 360 g/mol. The van der Waals surface area contributed by atoms with E-state index in [1.54, 1.807) is 43.5 Å². The van der Waals surface area contributed by atoms with Gasteiger partial charge in [0.15, 0.2) is 0 Å². The first-order chi connectivity index (χ1) is 13.0. The molecular weight excluding hydrogens is 344 g/mol. The molecule has 3 aromatic rings. The summed E-state index contributed by atoms with van der Waals surface area (Å²) in [6.45, 7) is 0. The lowest BCUT2D eigenvalue weighted by molar-refractivity contribution is -0.111. The molecule has 5 nitrogen and oxygen atoms in total. The van der Waals surface area contributed by atoms with Gasteiger partial charge in [0, 0.05) is 11.1 Å². The summed E-state index contributed by atoms with van der Waals surface area (Å²) < 4.78 is 10.4. The number of hydrogen-bond acceptors (Lipinski definition) is 5. The normalized spacial score (nSPS) is 13.3. The molecule has 3 aromatic carbocycles. The molecule has 5 heteroatoms. The number of fused-ring (bicyclic) bond motifs is 2. The van der Waals surface area contributed by atoms with Gasteiger partial charge in [-0.15, -0.1) is 0 Å². The number of hydrogen-bond donors (Lipinski definition) is 1. The highest BCUT2D eigenvalue weighted by atomic mass is 16.5. The molecule has 0 unspecified atom stereocenters. The van der Waals surface area contributed by atoms with E-state index >= 15 is 0 Å². The SMILES string of the molecule is COc1ccc2c(c1)C(=O)C(=O)C=C2c1c(O)ccc2cc(OC)ccc12. The molecule has 1 N–H and O–H groups in total. The summed E-state index contributed by atoms with van der Waals surface area (Å²) in [5.41, 5.74) is 1.86. The highest BCUT2D eigenvalue weighted by Crippen LogP contribution is 2.41. The number of carbonyl (C=O) groups excluding carboxylic acids is 2. The molecule has 27 heavy (non-hydrogen) atoms. The van der Waals surface area contributed by atoms with Gasteiger partial charge in [-0.3, -0.25) is 9.59 Å². The number of rotatable bonds is 3. The predicted octanol–water partition coefficient (Wildman–Crippen LogP) is 3.76. The number of Topliss-reactive ketones (excluding diaryl/α,β-unsaturated/α-hetero) is 1. The summed E-state index contributed by atoms with van der Waals surface area (Å²) in [6, 6.07) is 13.8. The average molecular weight is 360 g/mol. The Balaban J connectivity index is 2.01. The zero-order valence-electron chi connectivity index (χ0n) is 14.8. The highest BCUT2D eigenvalue weighted by molar-refractivity contribution is 6.51. The van der Waals surface area contributed by atoms with Crippen molar-refractivity contribution in [3.63, 3.8) is 0 Å². The van der Waals surface area contributed by atoms with Crippen LogP contribution >= 0.6 is 0 Å². The third kappa shape index (κ3) is 2.64. The van der Waals surface area contributed by atoms with E-state index in [-0.39, 0.29) is 11.3 Å². The van der Waals surface area contributed by atoms with Gasteiger partial charge in [-0.05, 0) is 70.4 Å². The van der Waals surface area contributed by atoms with Gasteiger partial charge in [0.05, 0.1) is 14.2 Å². The van der Waals surface area contributed by atoms with E-state index in [2.05, 4.69) is 0 Å². The first-order valence-corrected chi connectivity index (χ1v) is 8.32. The summed E-state index contributed by atoms with van der Waals surface area (Å²) in [7, 11) is 3.08. The van der Waals surface area contributed by atoms with Crippen molar-refractivity contribution in [3.8, 4) is 17.2 Å². The van der Waals surface area contributed by atoms with Crippen molar-refractivity contribution in [2.45, 2.75) is 0 Å². The Morgan fingerprint density at radius 3 is 2.26 bits per heavy atom. The second-order valence-electron chi connectivity index (χ2n) is 6.21. The standard InChI is InChI=1S/C22H16O5/c1-26-13-4-6-15-12(9-13)3-8-19(23)21(15)17-11-20(24)22(25)18-10-14(27-2)5-7-16(17)18/h3-11,23H,1-2H3. The Morgan fingerprint density at radius 1 is 0.815 bits per heavy atom. The van der Waals surface area contributed by atoms with Crippen LogP contribution in [0.15, 0.2) is 54.6 Å². The first kappa shape index (κ1) is 16.8. The molecule has 1 aliphatic carbocycles. The fourth-order valence-electron chi connectivity index (χ4n) is 3.39. The molecule has 0 fully saturated rings. The highest BCUT2D eigenvalue weighted by Gasteiger charge is 2.29. The predicted molar refractivity (Wildman–Crippen MR) is 102 cm³/mol. The number of benzene rings is 3. The molecule has 1 aliphatic rings. The van der Waals surface area contributed by atoms with Gasteiger partial charge in [-0.2, -0.15) is 0 Å². The van der Waals surface area contributed by atoms with Crippen molar-refractivity contribution < 1.29 is 24.2 Å². The minimum Gasteiger partial charge on any atom is -0.507 e. The van der Waals surface area contributed by atoms with E-state index in [0.717, 1.165) is 10.8 Å². The van der Waals surface area contributed by atoms with Gasteiger partial charge >= 0.3 is 0 Å². The van der Waals surface area contributed by atoms with Crippen LogP contribution in [-0.4, -0.2) is 30.9 Å². The van der Waals surface area contributed by atoms with E-state index in [0.29, 0.717) is 28.2 Å². The molecule has 4 rings (SSSR count). The second kappa shape index (κ2) is 6.29. The first-order valence-electron chi connectivity index (χ1n) is 8.32. The zero-order chi connectivity index (χ0) is 19.1. The number of methoxy groups -OCH3 is 2. The molecule has 134 valence electrons. The van der Waals surface area contributed by atoms with Crippen molar-refractivity contribution in [1.82, 2.24) is 0 Å². The van der Waals surface area contributed by atoms with Crippen LogP contribution in [0.3, 0.4) is 0 Å². The van der Waals surface area contributed by atoms with E-state index < -0.39 is 11.6 Å². The lowest BCUT2D eigenvalue weighted by Gasteiger charge is -2.20. The van der Waals surface area contributed by atoms with Crippen molar-refractivity contribution in [2.24, 2.45) is 0 Å². The van der Waals surface area contributed by atoms with Crippen LogP contribution in [-0.2, 0) is 4.79 Å². The van der Waals surface area contributed by atoms with E-state index in [1.165, 1.54) is 13.2 Å². The molecule has 0 bridgehead atoms. The minimum absolute atomic E-state index is 0.0304. The summed E-state index contributed by atoms with van der Waals surface area (Å²) in [4.78, 5) is 24.7. The Kier molecular flexibility index (Phi) is 3.92. The lowest BCUT2D eigenvalue weighted by atomic mass is 9.83. The van der Waals surface area contributed by atoms with E-state index in [1.807, 2.05) is 12.1 Å². The van der Waals surface area contributed by atoms with Gasteiger partial charge < -0.3 is 14.6 Å². The van der Waals surface area contributed by atoms with Gasteiger partial charge in [0.2, 0.25) is 11.6 Å². The Morgan fingerprint density at radius 2 is 1.52 bits per heavy atom. The lowest BCUT2D eigenvalue weighted by Crippen LogP contribution is -2.19. The number of ketones is 2. The topological polar surface area (TPSA) is 72.8 Å². The maximum atomic E-state index is 12.4. The molecule has 0 atom stereocenters. The van der Waals surface area contributed by atoms with E-state index in [4.69, 9.17) is 9.47 Å². The third-order valence-corrected chi connectivity index (χ3v) is 4.74. The Labute approximate surface area is 155 Å². The van der Waals surface area contributed by atoms with Crippen LogP contribution < -0.4 is 9.47 Å². The molecule has 0 saturated carbocycles. The number of allylic oxidation sites excluding steroid dienone is 1. The largest absolute Gasteiger partial charge is 0.507 e. The van der Waals surface area contributed by atoms with Crippen LogP contribution in [0.2, 0.25) is 0 Å². The molecule has 0 aromatic heterocycles. The quantitative estimate of drug-likeness (QED) is 0.720. The number of aromatic hydroxyl groups is 1.